The van der Waals surface area contributed by atoms with E-state index >= 15 is 0 Å². The first kappa shape index (κ1) is 38.8. The first-order valence-corrected chi connectivity index (χ1v) is 14.3. The van der Waals surface area contributed by atoms with Crippen LogP contribution < -0.4 is 5.32 Å². The fraction of sp³-hybridized carbons (Fsp3) is 0.714. The highest BCUT2D eigenvalue weighted by Gasteiger charge is 2.57. The van der Waals surface area contributed by atoms with Gasteiger partial charge in [0.1, 0.15) is 37.6 Å². The van der Waals surface area contributed by atoms with Crippen LogP contribution in [-0.2, 0) is 85.7 Å². The van der Waals surface area contributed by atoms with E-state index in [4.69, 9.17) is 47.4 Å². The Labute approximate surface area is 269 Å². The summed E-state index contributed by atoms with van der Waals surface area (Å²) in [5.74, 6) is -6.65. The van der Waals surface area contributed by atoms with Crippen LogP contribution in [0.3, 0.4) is 0 Å². The van der Waals surface area contributed by atoms with Gasteiger partial charge in [0.05, 0.1) is 0 Å². The Balaban J connectivity index is 2.75. The molecule has 0 aromatic rings. The molecule has 19 heteroatoms. The summed E-state index contributed by atoms with van der Waals surface area (Å²) < 4.78 is 55.1. The predicted molar refractivity (Wildman–Crippen MR) is 147 cm³/mol. The van der Waals surface area contributed by atoms with E-state index < -0.39 is 122 Å². The SMILES string of the molecule is CC(=O)NC1[C@H](O[C@@H]2C(OC(C)=O)[C@@H](OC(C)=O)OC(COC(C)=O)[C@H]2OC(C)=O)OC(COC(C)=O)[C@@H](OC(C)=O)[C@@H]1OC(C)=O. The molecule has 2 saturated heterocycles. The van der Waals surface area contributed by atoms with Gasteiger partial charge in [-0.2, -0.15) is 0 Å². The lowest BCUT2D eigenvalue weighted by atomic mass is 9.94. The van der Waals surface area contributed by atoms with Crippen molar-refractivity contribution in [2.24, 2.45) is 0 Å². The smallest absolute Gasteiger partial charge is 0.305 e. The van der Waals surface area contributed by atoms with Gasteiger partial charge in [-0.25, -0.2) is 0 Å². The van der Waals surface area contributed by atoms with Gasteiger partial charge in [0.15, 0.2) is 30.7 Å². The highest BCUT2D eigenvalue weighted by Crippen LogP contribution is 2.34. The van der Waals surface area contributed by atoms with Crippen molar-refractivity contribution < 1.29 is 85.7 Å². The Hall–Kier alpha value is -4.36. The molecule has 0 aromatic heterocycles. The van der Waals surface area contributed by atoms with E-state index in [1.165, 1.54) is 0 Å². The molecule has 0 radical (unpaired) electrons. The Morgan fingerprint density at radius 2 is 0.851 bits per heavy atom. The Bertz CT molecular complexity index is 1200. The van der Waals surface area contributed by atoms with Crippen molar-refractivity contribution in [1.82, 2.24) is 5.32 Å². The van der Waals surface area contributed by atoms with Crippen LogP contribution in [0.4, 0.5) is 0 Å². The highest BCUT2D eigenvalue weighted by atomic mass is 16.8. The summed E-state index contributed by atoms with van der Waals surface area (Å²) in [5, 5.41) is 2.50. The van der Waals surface area contributed by atoms with Gasteiger partial charge in [0, 0.05) is 55.4 Å². The van der Waals surface area contributed by atoms with E-state index in [1.54, 1.807) is 0 Å². The van der Waals surface area contributed by atoms with Crippen LogP contribution in [0.25, 0.3) is 0 Å². The molecule has 19 nitrogen and oxygen atoms in total. The molecule has 0 saturated carbocycles. The molecule has 2 heterocycles. The van der Waals surface area contributed by atoms with Gasteiger partial charge in [-0.05, 0) is 0 Å². The van der Waals surface area contributed by atoms with Crippen LogP contribution in [0.15, 0.2) is 0 Å². The molecule has 47 heavy (non-hydrogen) atoms. The second kappa shape index (κ2) is 17.5. The van der Waals surface area contributed by atoms with Gasteiger partial charge in [0.2, 0.25) is 12.2 Å². The number of amides is 1. The third-order valence-corrected chi connectivity index (χ3v) is 6.29. The molecule has 2 fully saturated rings. The maximum atomic E-state index is 12.4. The van der Waals surface area contributed by atoms with Crippen LogP contribution in [0.2, 0.25) is 0 Å². The average molecular weight is 678 g/mol. The van der Waals surface area contributed by atoms with Crippen molar-refractivity contribution in [2.45, 2.75) is 117 Å². The van der Waals surface area contributed by atoms with Crippen molar-refractivity contribution in [3.63, 3.8) is 0 Å². The third-order valence-electron chi connectivity index (χ3n) is 6.29. The molecule has 0 spiro atoms. The summed E-state index contributed by atoms with van der Waals surface area (Å²) >= 11 is 0. The first-order valence-electron chi connectivity index (χ1n) is 14.3. The molecule has 4 unspecified atom stereocenters. The molecule has 0 bridgehead atoms. The molecular formula is C28H39NO18. The molecule has 1 amide bonds. The van der Waals surface area contributed by atoms with E-state index in [2.05, 4.69) is 5.32 Å². The van der Waals surface area contributed by atoms with Crippen LogP contribution in [-0.4, -0.2) is 122 Å². The minimum atomic E-state index is -1.75. The number of nitrogens with one attached hydrogen (secondary N) is 1. The topological polar surface area (TPSA) is 241 Å². The number of hydrogen-bond acceptors (Lipinski definition) is 18. The minimum absolute atomic E-state index is 0.571. The molecule has 10 atom stereocenters. The largest absolute Gasteiger partial charge is 0.463 e. The summed E-state index contributed by atoms with van der Waals surface area (Å²) in [7, 11) is 0. The van der Waals surface area contributed by atoms with E-state index in [9.17, 15) is 38.4 Å². The summed E-state index contributed by atoms with van der Waals surface area (Å²) in [6.45, 7) is 7.32. The Kier molecular flexibility index (Phi) is 14.5. The van der Waals surface area contributed by atoms with Crippen LogP contribution in [0.1, 0.15) is 55.4 Å². The maximum Gasteiger partial charge on any atom is 0.305 e. The summed E-state index contributed by atoms with van der Waals surface area (Å²) in [6.07, 6.45) is -14.2. The fourth-order valence-corrected chi connectivity index (χ4v) is 4.84. The van der Waals surface area contributed by atoms with Crippen LogP contribution in [0, 0.1) is 0 Å². The van der Waals surface area contributed by atoms with Crippen molar-refractivity contribution in [3.8, 4) is 0 Å². The molecule has 0 aliphatic carbocycles. The van der Waals surface area contributed by atoms with E-state index in [0.717, 1.165) is 55.4 Å². The van der Waals surface area contributed by atoms with Gasteiger partial charge in [-0.15, -0.1) is 0 Å². The zero-order valence-electron chi connectivity index (χ0n) is 27.0. The number of carbonyl (C=O) groups is 8. The van der Waals surface area contributed by atoms with Crippen LogP contribution >= 0.6 is 0 Å². The number of carbonyl (C=O) groups excluding carboxylic acids is 8. The predicted octanol–water partition coefficient (Wildman–Crippen LogP) is -1.26. The van der Waals surface area contributed by atoms with Crippen molar-refractivity contribution in [2.75, 3.05) is 13.2 Å². The number of esters is 7. The lowest BCUT2D eigenvalue weighted by molar-refractivity contribution is -0.345. The maximum absolute atomic E-state index is 12.4. The highest BCUT2D eigenvalue weighted by molar-refractivity contribution is 5.74. The number of rotatable bonds is 12. The lowest BCUT2D eigenvalue weighted by Crippen LogP contribution is -2.69. The first-order chi connectivity index (χ1) is 21.9. The van der Waals surface area contributed by atoms with Crippen LogP contribution in [0.5, 0.6) is 0 Å². The van der Waals surface area contributed by atoms with Gasteiger partial charge in [-0.1, -0.05) is 0 Å². The zero-order chi connectivity index (χ0) is 35.6. The molecular weight excluding hydrogens is 638 g/mol. The van der Waals surface area contributed by atoms with E-state index in [-0.39, 0.29) is 0 Å². The quantitative estimate of drug-likeness (QED) is 0.187. The number of hydrogen-bond donors (Lipinski definition) is 1. The Morgan fingerprint density at radius 1 is 0.468 bits per heavy atom. The standard InChI is InChI=1S/C28H39NO18/c1-11(30)29-21-24(42-16(6)35)22(40-14(4)33)19(9-38-12(2)31)45-27(21)47-25-23(41-15(5)34)20(10-39-13(3)32)46-28(44-18(8)37)26(25)43-17(7)36/h19-28H,9-10H2,1-8H3,(H,29,30)/t19?,20?,21?,22-,23-,24-,25+,26?,27+,28+/m1/s1. The summed E-state index contributed by atoms with van der Waals surface area (Å²) in [5.41, 5.74) is 0. The zero-order valence-corrected chi connectivity index (χ0v) is 27.0. The molecule has 2 rings (SSSR count). The molecule has 1 N–H and O–H groups in total. The van der Waals surface area contributed by atoms with Gasteiger partial charge in [-0.3, -0.25) is 38.4 Å². The second-order valence-corrected chi connectivity index (χ2v) is 10.4. The summed E-state index contributed by atoms with van der Waals surface area (Å²) in [6, 6.07) is -1.49. The van der Waals surface area contributed by atoms with Gasteiger partial charge >= 0.3 is 41.8 Å². The normalized spacial score (nSPS) is 30.0. The lowest BCUT2D eigenvalue weighted by Gasteiger charge is -2.49. The summed E-state index contributed by atoms with van der Waals surface area (Å²) in [4.78, 5) is 96.6. The Morgan fingerprint density at radius 3 is 1.26 bits per heavy atom. The monoisotopic (exact) mass is 677 g/mol. The van der Waals surface area contributed by atoms with Crippen molar-refractivity contribution in [3.05, 3.63) is 0 Å². The minimum Gasteiger partial charge on any atom is -0.463 e. The molecule has 2 aliphatic rings. The molecule has 2 aliphatic heterocycles. The van der Waals surface area contributed by atoms with E-state index in [1.807, 2.05) is 0 Å². The molecule has 264 valence electrons. The van der Waals surface area contributed by atoms with Gasteiger partial charge < -0.3 is 52.7 Å². The van der Waals surface area contributed by atoms with Crippen molar-refractivity contribution >= 4 is 47.7 Å². The molecule has 0 aromatic carbocycles. The average Bonchev–Trinajstić information content (AvgIpc) is 2.91. The van der Waals surface area contributed by atoms with Gasteiger partial charge in [0.25, 0.3) is 0 Å². The number of ether oxygens (including phenoxy) is 10. The fourth-order valence-electron chi connectivity index (χ4n) is 4.84. The second-order valence-electron chi connectivity index (χ2n) is 10.4. The third kappa shape index (κ3) is 12.1. The van der Waals surface area contributed by atoms with Crippen molar-refractivity contribution in [1.29, 1.82) is 0 Å². The van der Waals surface area contributed by atoms with E-state index in [0.29, 0.717) is 0 Å².